The van der Waals surface area contributed by atoms with Gasteiger partial charge in [-0.25, -0.2) is 12.8 Å². The molecule has 0 radical (unpaired) electrons. The Hall–Kier alpha value is -4.23. The van der Waals surface area contributed by atoms with Crippen molar-refractivity contribution in [2.45, 2.75) is 17.2 Å². The van der Waals surface area contributed by atoms with E-state index in [1.165, 1.54) is 24.4 Å². The minimum Gasteiger partial charge on any atom is -0.337 e. The van der Waals surface area contributed by atoms with Crippen LogP contribution in [0.25, 0.3) is 22.0 Å². The molecule has 0 fully saturated rings. The molecule has 0 spiro atoms. The fourth-order valence-electron chi connectivity index (χ4n) is 4.30. The predicted molar refractivity (Wildman–Crippen MR) is 140 cm³/mol. The van der Waals surface area contributed by atoms with E-state index in [2.05, 4.69) is 5.32 Å². The number of fused-ring (bicyclic) bond motifs is 1. The Morgan fingerprint density at radius 1 is 0.806 bits per heavy atom. The van der Waals surface area contributed by atoms with Crippen molar-refractivity contribution in [3.05, 3.63) is 121 Å². The maximum atomic E-state index is 14.2. The first-order valence-electron chi connectivity index (χ1n) is 11.4. The highest BCUT2D eigenvalue weighted by molar-refractivity contribution is 7.90. The van der Waals surface area contributed by atoms with Crippen molar-refractivity contribution in [1.29, 1.82) is 0 Å². The Kier molecular flexibility index (Phi) is 6.40. The highest BCUT2D eigenvalue weighted by atomic mass is 32.2. The van der Waals surface area contributed by atoms with E-state index in [4.69, 9.17) is 0 Å². The number of nitrogens with zero attached hydrogens (tertiary/aromatic N) is 1. The zero-order chi connectivity index (χ0) is 25.1. The van der Waals surface area contributed by atoms with Gasteiger partial charge in [-0.3, -0.25) is 4.79 Å². The van der Waals surface area contributed by atoms with Crippen LogP contribution >= 0.6 is 0 Å². The van der Waals surface area contributed by atoms with Crippen molar-refractivity contribution in [2.24, 2.45) is 0 Å². The van der Waals surface area contributed by atoms with Crippen LogP contribution in [0.3, 0.4) is 0 Å². The monoisotopic (exact) mass is 498 g/mol. The third-order valence-electron chi connectivity index (χ3n) is 5.99. The summed E-state index contributed by atoms with van der Waals surface area (Å²) in [6, 6.07) is 30.1. The second-order valence-electron chi connectivity index (χ2n) is 8.45. The molecule has 0 aliphatic rings. The van der Waals surface area contributed by atoms with Crippen molar-refractivity contribution in [3.8, 4) is 11.1 Å². The standard InChI is InChI=1S/C29H23FN2O3S/c30-25-15-7-4-12-22(25)20-36(34,35)28-18-32(27-17-9-6-14-24(27)28)19-29(33)31-26-16-8-5-13-23(26)21-10-2-1-3-11-21/h1-18H,19-20H2,(H,31,33). The number of nitrogens with one attached hydrogen (secondary N) is 1. The molecule has 7 heteroatoms. The summed E-state index contributed by atoms with van der Waals surface area (Å²) in [6.45, 7) is -0.0845. The number of carbonyl (C=O) groups excluding carboxylic acids is 1. The number of hydrogen-bond acceptors (Lipinski definition) is 3. The molecule has 0 aliphatic heterocycles. The summed E-state index contributed by atoms with van der Waals surface area (Å²) in [5, 5.41) is 3.45. The molecule has 0 aliphatic carbocycles. The Balaban J connectivity index is 1.44. The molecule has 4 aromatic carbocycles. The molecule has 180 valence electrons. The van der Waals surface area contributed by atoms with Crippen molar-refractivity contribution in [3.63, 3.8) is 0 Å². The summed E-state index contributed by atoms with van der Waals surface area (Å²) in [7, 11) is -3.87. The number of sulfone groups is 1. The van der Waals surface area contributed by atoms with Gasteiger partial charge in [0.2, 0.25) is 5.91 Å². The molecular weight excluding hydrogens is 475 g/mol. The van der Waals surface area contributed by atoms with Gasteiger partial charge < -0.3 is 9.88 Å². The van der Waals surface area contributed by atoms with Gasteiger partial charge in [0.15, 0.2) is 9.84 Å². The Labute approximate surface area is 208 Å². The average Bonchev–Trinajstić information content (AvgIpc) is 3.25. The Morgan fingerprint density at radius 2 is 1.47 bits per heavy atom. The summed E-state index contributed by atoms with van der Waals surface area (Å²) < 4.78 is 42.3. The quantitative estimate of drug-likeness (QED) is 0.297. The number of anilines is 1. The molecule has 5 aromatic rings. The maximum absolute atomic E-state index is 14.2. The van der Waals surface area contributed by atoms with Gasteiger partial charge >= 0.3 is 0 Å². The van der Waals surface area contributed by atoms with Crippen molar-refractivity contribution < 1.29 is 17.6 Å². The van der Waals surface area contributed by atoms with Crippen LogP contribution in [0.1, 0.15) is 5.56 Å². The molecule has 1 amide bonds. The van der Waals surface area contributed by atoms with Crippen LogP contribution in [-0.2, 0) is 26.9 Å². The SMILES string of the molecule is O=C(Cn1cc(S(=O)(=O)Cc2ccccc2F)c2ccccc21)Nc1ccccc1-c1ccccc1. The lowest BCUT2D eigenvalue weighted by Crippen LogP contribution is -2.18. The molecule has 0 atom stereocenters. The highest BCUT2D eigenvalue weighted by Crippen LogP contribution is 2.30. The fourth-order valence-corrected chi connectivity index (χ4v) is 5.89. The van der Waals surface area contributed by atoms with Gasteiger partial charge in [-0.1, -0.05) is 84.9 Å². The summed E-state index contributed by atoms with van der Waals surface area (Å²) in [6.07, 6.45) is 1.46. The van der Waals surface area contributed by atoms with Gasteiger partial charge in [0.05, 0.1) is 10.6 Å². The summed E-state index contributed by atoms with van der Waals surface area (Å²) in [5.74, 6) is -1.33. The number of halogens is 1. The number of carbonyl (C=O) groups is 1. The van der Waals surface area contributed by atoms with Gasteiger partial charge in [-0.05, 0) is 23.8 Å². The lowest BCUT2D eigenvalue weighted by Gasteiger charge is -2.12. The van der Waals surface area contributed by atoms with Crippen LogP contribution in [0.5, 0.6) is 0 Å². The Bertz CT molecular complexity index is 1660. The van der Waals surface area contributed by atoms with E-state index in [-0.39, 0.29) is 22.9 Å². The topological polar surface area (TPSA) is 68.2 Å². The zero-order valence-electron chi connectivity index (χ0n) is 19.3. The molecule has 0 saturated carbocycles. The lowest BCUT2D eigenvalue weighted by molar-refractivity contribution is -0.116. The lowest BCUT2D eigenvalue weighted by atomic mass is 10.0. The molecule has 0 bridgehead atoms. The van der Waals surface area contributed by atoms with Crippen molar-refractivity contribution >= 4 is 32.3 Å². The minimum atomic E-state index is -3.87. The number of benzene rings is 4. The normalized spacial score (nSPS) is 11.5. The van der Waals surface area contributed by atoms with Crippen LogP contribution in [0.4, 0.5) is 10.1 Å². The smallest absolute Gasteiger partial charge is 0.244 e. The van der Waals surface area contributed by atoms with Gasteiger partial charge in [0.1, 0.15) is 12.4 Å². The third-order valence-corrected chi connectivity index (χ3v) is 7.68. The molecule has 36 heavy (non-hydrogen) atoms. The first-order chi connectivity index (χ1) is 17.4. The maximum Gasteiger partial charge on any atom is 0.244 e. The van der Waals surface area contributed by atoms with Gasteiger partial charge in [-0.2, -0.15) is 0 Å². The van der Waals surface area contributed by atoms with Crippen LogP contribution in [-0.4, -0.2) is 18.9 Å². The summed E-state index contributed by atoms with van der Waals surface area (Å²) in [4.78, 5) is 13.1. The molecule has 1 heterocycles. The summed E-state index contributed by atoms with van der Waals surface area (Å²) >= 11 is 0. The molecule has 5 nitrogen and oxygen atoms in total. The van der Waals surface area contributed by atoms with Crippen LogP contribution in [0.2, 0.25) is 0 Å². The fraction of sp³-hybridized carbons (Fsp3) is 0.0690. The first-order valence-corrected chi connectivity index (χ1v) is 13.1. The van der Waals surface area contributed by atoms with Gasteiger partial charge in [-0.15, -0.1) is 0 Å². The van der Waals surface area contributed by atoms with Crippen molar-refractivity contribution in [2.75, 3.05) is 5.32 Å². The number of amides is 1. The summed E-state index contributed by atoms with van der Waals surface area (Å²) in [5.41, 5.74) is 3.23. The molecular formula is C29H23FN2O3S. The number of hydrogen-bond donors (Lipinski definition) is 1. The van der Waals surface area contributed by atoms with Crippen LogP contribution in [0, 0.1) is 5.82 Å². The zero-order valence-corrected chi connectivity index (χ0v) is 20.1. The van der Waals surface area contributed by atoms with E-state index in [9.17, 15) is 17.6 Å². The number of para-hydroxylation sites is 2. The second kappa shape index (κ2) is 9.79. The van der Waals surface area contributed by atoms with E-state index >= 15 is 0 Å². The molecule has 1 aromatic heterocycles. The predicted octanol–water partition coefficient (Wildman–Crippen LogP) is 6.06. The number of aromatic nitrogens is 1. The molecule has 0 unspecified atom stereocenters. The second-order valence-corrected chi connectivity index (χ2v) is 10.4. The third kappa shape index (κ3) is 4.78. The van der Waals surface area contributed by atoms with E-state index in [0.29, 0.717) is 16.6 Å². The van der Waals surface area contributed by atoms with E-state index < -0.39 is 21.4 Å². The number of rotatable bonds is 7. The van der Waals surface area contributed by atoms with Gasteiger partial charge in [0.25, 0.3) is 0 Å². The van der Waals surface area contributed by atoms with E-state index in [0.717, 1.165) is 11.1 Å². The van der Waals surface area contributed by atoms with E-state index in [1.807, 2.05) is 54.6 Å². The molecule has 0 saturated heterocycles. The van der Waals surface area contributed by atoms with Crippen LogP contribution < -0.4 is 5.32 Å². The Morgan fingerprint density at radius 3 is 2.28 bits per heavy atom. The minimum absolute atomic E-state index is 0.0684. The van der Waals surface area contributed by atoms with Gasteiger partial charge in [0, 0.05) is 33.9 Å². The molecule has 1 N–H and O–H groups in total. The largest absolute Gasteiger partial charge is 0.337 e. The van der Waals surface area contributed by atoms with Crippen LogP contribution in [0.15, 0.2) is 114 Å². The first kappa shape index (κ1) is 23.5. The van der Waals surface area contributed by atoms with E-state index in [1.54, 1.807) is 34.9 Å². The average molecular weight is 499 g/mol. The molecule has 5 rings (SSSR count). The van der Waals surface area contributed by atoms with Crippen molar-refractivity contribution in [1.82, 2.24) is 4.57 Å². The highest BCUT2D eigenvalue weighted by Gasteiger charge is 2.23.